The molecule has 0 saturated heterocycles. The molecule has 1 aromatic rings. The van der Waals surface area contributed by atoms with Crippen molar-refractivity contribution in [1.29, 1.82) is 0 Å². The molecule has 0 aliphatic heterocycles. The predicted molar refractivity (Wildman–Crippen MR) is 46.8 cm³/mol. The summed E-state index contributed by atoms with van der Waals surface area (Å²) in [5.74, 6) is -1.02. The van der Waals surface area contributed by atoms with E-state index >= 15 is 0 Å². The number of hydrogen-bond donors (Lipinski definition) is 0. The highest BCUT2D eigenvalue weighted by Crippen LogP contribution is 2.19. The standard InChI is InChI=1S/C10H10F2O/c1-3-4-13-8-5-9(11)7(2)10(12)6-8/h3,5-6H,1,4H2,2H3. The van der Waals surface area contributed by atoms with E-state index in [0.29, 0.717) is 0 Å². The van der Waals surface area contributed by atoms with Crippen LogP contribution in [0.1, 0.15) is 5.56 Å². The molecule has 0 aromatic heterocycles. The molecule has 0 fully saturated rings. The SMILES string of the molecule is C=CCOc1cc(F)c(C)c(F)c1. The molecule has 0 N–H and O–H groups in total. The lowest BCUT2D eigenvalue weighted by Gasteiger charge is -2.05. The first kappa shape index (κ1) is 9.71. The number of hydrogen-bond acceptors (Lipinski definition) is 1. The molecular weight excluding hydrogens is 174 g/mol. The summed E-state index contributed by atoms with van der Waals surface area (Å²) in [6.07, 6.45) is 1.51. The highest BCUT2D eigenvalue weighted by atomic mass is 19.1. The molecule has 0 heterocycles. The van der Waals surface area contributed by atoms with Crippen LogP contribution in [0.15, 0.2) is 24.8 Å². The van der Waals surface area contributed by atoms with Crippen molar-refractivity contribution < 1.29 is 13.5 Å². The Hall–Kier alpha value is -1.38. The van der Waals surface area contributed by atoms with E-state index in [2.05, 4.69) is 6.58 Å². The second-order valence-electron chi connectivity index (χ2n) is 2.61. The van der Waals surface area contributed by atoms with Crippen molar-refractivity contribution in [3.8, 4) is 5.75 Å². The fraction of sp³-hybridized carbons (Fsp3) is 0.200. The average Bonchev–Trinajstić information content (AvgIpc) is 2.10. The molecule has 1 rings (SSSR count). The summed E-state index contributed by atoms with van der Waals surface area (Å²) in [4.78, 5) is 0. The molecule has 0 amide bonds. The van der Waals surface area contributed by atoms with Gasteiger partial charge in [0.15, 0.2) is 0 Å². The van der Waals surface area contributed by atoms with Crippen molar-refractivity contribution in [3.05, 3.63) is 42.0 Å². The summed E-state index contributed by atoms with van der Waals surface area (Å²) in [5.41, 5.74) is 0.00551. The second kappa shape index (κ2) is 4.03. The Kier molecular flexibility index (Phi) is 3.01. The molecule has 13 heavy (non-hydrogen) atoms. The van der Waals surface area contributed by atoms with E-state index in [0.717, 1.165) is 12.1 Å². The van der Waals surface area contributed by atoms with E-state index < -0.39 is 11.6 Å². The van der Waals surface area contributed by atoms with Crippen molar-refractivity contribution in [2.75, 3.05) is 6.61 Å². The topological polar surface area (TPSA) is 9.23 Å². The minimum atomic E-state index is -0.598. The van der Waals surface area contributed by atoms with Crippen LogP contribution in [0.5, 0.6) is 5.75 Å². The Balaban J connectivity index is 2.92. The molecule has 0 unspecified atom stereocenters. The van der Waals surface area contributed by atoms with Crippen molar-refractivity contribution >= 4 is 0 Å². The molecule has 3 heteroatoms. The van der Waals surface area contributed by atoms with Gasteiger partial charge in [0, 0.05) is 17.7 Å². The van der Waals surface area contributed by atoms with Gasteiger partial charge in [-0.15, -0.1) is 0 Å². The summed E-state index contributed by atoms with van der Waals surface area (Å²) in [7, 11) is 0. The lowest BCUT2D eigenvalue weighted by molar-refractivity contribution is 0.357. The normalized spacial score (nSPS) is 9.77. The summed E-state index contributed by atoms with van der Waals surface area (Å²) in [5, 5.41) is 0. The zero-order valence-electron chi connectivity index (χ0n) is 7.31. The third kappa shape index (κ3) is 2.28. The monoisotopic (exact) mass is 184 g/mol. The van der Waals surface area contributed by atoms with Crippen molar-refractivity contribution in [3.63, 3.8) is 0 Å². The average molecular weight is 184 g/mol. The predicted octanol–water partition coefficient (Wildman–Crippen LogP) is 2.84. The maximum Gasteiger partial charge on any atom is 0.132 e. The Morgan fingerprint density at radius 3 is 2.38 bits per heavy atom. The van der Waals surface area contributed by atoms with Crippen LogP contribution < -0.4 is 4.74 Å². The van der Waals surface area contributed by atoms with Gasteiger partial charge in [-0.2, -0.15) is 0 Å². The zero-order valence-corrected chi connectivity index (χ0v) is 7.31. The summed E-state index contributed by atoms with van der Waals surface area (Å²) in [6.45, 7) is 5.04. The molecule has 0 spiro atoms. The van der Waals surface area contributed by atoms with E-state index in [-0.39, 0.29) is 17.9 Å². The fourth-order valence-electron chi connectivity index (χ4n) is 0.861. The first-order valence-electron chi connectivity index (χ1n) is 3.84. The van der Waals surface area contributed by atoms with Crippen LogP contribution in [0.3, 0.4) is 0 Å². The molecule has 0 aliphatic rings. The first-order chi connectivity index (χ1) is 6.15. The molecule has 0 radical (unpaired) electrons. The summed E-state index contributed by atoms with van der Waals surface area (Å²) >= 11 is 0. The fourth-order valence-corrected chi connectivity index (χ4v) is 0.861. The first-order valence-corrected chi connectivity index (χ1v) is 3.84. The van der Waals surface area contributed by atoms with Crippen LogP contribution in [0.25, 0.3) is 0 Å². The summed E-state index contributed by atoms with van der Waals surface area (Å²) in [6, 6.07) is 2.31. The van der Waals surface area contributed by atoms with Gasteiger partial charge in [0.2, 0.25) is 0 Å². The maximum atomic E-state index is 12.9. The van der Waals surface area contributed by atoms with Gasteiger partial charge in [0.25, 0.3) is 0 Å². The van der Waals surface area contributed by atoms with E-state index in [1.165, 1.54) is 13.0 Å². The second-order valence-corrected chi connectivity index (χ2v) is 2.61. The molecule has 1 aromatic carbocycles. The number of halogens is 2. The van der Waals surface area contributed by atoms with Crippen molar-refractivity contribution in [2.45, 2.75) is 6.92 Å². The number of benzene rings is 1. The molecule has 0 bridgehead atoms. The lowest BCUT2D eigenvalue weighted by Crippen LogP contribution is -1.96. The number of ether oxygens (including phenoxy) is 1. The van der Waals surface area contributed by atoms with Crippen molar-refractivity contribution in [2.24, 2.45) is 0 Å². The number of rotatable bonds is 3. The Morgan fingerprint density at radius 1 is 1.38 bits per heavy atom. The Bertz CT molecular complexity index is 298. The van der Waals surface area contributed by atoms with Crippen LogP contribution >= 0.6 is 0 Å². The van der Waals surface area contributed by atoms with Crippen LogP contribution in [-0.2, 0) is 0 Å². The minimum Gasteiger partial charge on any atom is -0.489 e. The van der Waals surface area contributed by atoms with E-state index in [1.54, 1.807) is 0 Å². The zero-order chi connectivity index (χ0) is 9.84. The molecular formula is C10H10F2O. The third-order valence-corrected chi connectivity index (χ3v) is 1.62. The maximum absolute atomic E-state index is 12.9. The molecule has 70 valence electrons. The van der Waals surface area contributed by atoms with E-state index in [4.69, 9.17) is 4.74 Å². The highest BCUT2D eigenvalue weighted by molar-refractivity contribution is 5.29. The van der Waals surface area contributed by atoms with Gasteiger partial charge in [-0.05, 0) is 6.92 Å². The van der Waals surface area contributed by atoms with E-state index in [1.807, 2.05) is 0 Å². The molecule has 0 atom stereocenters. The third-order valence-electron chi connectivity index (χ3n) is 1.62. The van der Waals surface area contributed by atoms with Gasteiger partial charge in [-0.1, -0.05) is 12.7 Å². The molecule has 0 saturated carbocycles. The summed E-state index contributed by atoms with van der Waals surface area (Å²) < 4.78 is 30.8. The van der Waals surface area contributed by atoms with Crippen LogP contribution in [-0.4, -0.2) is 6.61 Å². The van der Waals surface area contributed by atoms with Crippen LogP contribution in [0.2, 0.25) is 0 Å². The largest absolute Gasteiger partial charge is 0.489 e. The molecule has 0 aliphatic carbocycles. The van der Waals surface area contributed by atoms with Gasteiger partial charge >= 0.3 is 0 Å². The van der Waals surface area contributed by atoms with Gasteiger partial charge < -0.3 is 4.74 Å². The Labute approximate surface area is 75.6 Å². The minimum absolute atomic E-state index is 0.00551. The van der Waals surface area contributed by atoms with Gasteiger partial charge in [-0.3, -0.25) is 0 Å². The highest BCUT2D eigenvalue weighted by Gasteiger charge is 2.06. The smallest absolute Gasteiger partial charge is 0.132 e. The van der Waals surface area contributed by atoms with Gasteiger partial charge in [0.05, 0.1) is 0 Å². The van der Waals surface area contributed by atoms with Gasteiger partial charge in [-0.25, -0.2) is 8.78 Å². The lowest BCUT2D eigenvalue weighted by atomic mass is 10.2. The van der Waals surface area contributed by atoms with Crippen LogP contribution in [0.4, 0.5) is 8.78 Å². The van der Waals surface area contributed by atoms with Gasteiger partial charge in [0.1, 0.15) is 24.0 Å². The quantitative estimate of drug-likeness (QED) is 0.656. The Morgan fingerprint density at radius 2 is 1.92 bits per heavy atom. The van der Waals surface area contributed by atoms with Crippen LogP contribution in [0, 0.1) is 18.6 Å². The molecule has 1 nitrogen and oxygen atoms in total. The van der Waals surface area contributed by atoms with E-state index in [9.17, 15) is 8.78 Å². The van der Waals surface area contributed by atoms with Crippen molar-refractivity contribution in [1.82, 2.24) is 0 Å².